The van der Waals surface area contributed by atoms with E-state index in [1.54, 1.807) is 0 Å². The zero-order valence-corrected chi connectivity index (χ0v) is 7.92. The highest BCUT2D eigenvalue weighted by Gasteiger charge is 2.37. The third kappa shape index (κ3) is 5.81. The van der Waals surface area contributed by atoms with Crippen molar-refractivity contribution in [3.05, 3.63) is 0 Å². The van der Waals surface area contributed by atoms with Crippen molar-refractivity contribution >= 4 is 27.6 Å². The van der Waals surface area contributed by atoms with E-state index < -0.39 is 27.6 Å². The standard InChI is InChI=1S/C2H4O10P2/c3-1(4)2(5)11-14(9,10)12-13(6,7)8/h(H,3,4)(H,9,10)(H2,6,7,8). The molecule has 0 aliphatic heterocycles. The molecular formula is C2H4O10P2. The Bertz CT molecular complexity index is 336. The summed E-state index contributed by atoms with van der Waals surface area (Å²) in [6, 6.07) is 0. The van der Waals surface area contributed by atoms with Gasteiger partial charge in [-0.2, -0.15) is 4.31 Å². The summed E-state index contributed by atoms with van der Waals surface area (Å²) in [7, 11) is -10.8. The Morgan fingerprint density at radius 2 is 1.50 bits per heavy atom. The van der Waals surface area contributed by atoms with E-state index in [2.05, 4.69) is 8.83 Å². The number of carboxylic acids is 1. The van der Waals surface area contributed by atoms with Gasteiger partial charge in [0.15, 0.2) is 0 Å². The molecule has 0 aliphatic carbocycles. The predicted molar refractivity (Wildman–Crippen MR) is 36.7 cm³/mol. The van der Waals surface area contributed by atoms with Crippen LogP contribution in [-0.2, 0) is 27.6 Å². The van der Waals surface area contributed by atoms with Gasteiger partial charge in [-0.1, -0.05) is 0 Å². The second-order valence-electron chi connectivity index (χ2n) is 1.72. The Morgan fingerprint density at radius 1 is 1.07 bits per heavy atom. The van der Waals surface area contributed by atoms with Gasteiger partial charge in [0.1, 0.15) is 0 Å². The topological polar surface area (TPSA) is 168 Å². The van der Waals surface area contributed by atoms with Crippen molar-refractivity contribution in [1.29, 1.82) is 0 Å². The van der Waals surface area contributed by atoms with Crippen LogP contribution in [0.25, 0.3) is 0 Å². The minimum atomic E-state index is -5.42. The van der Waals surface area contributed by atoms with Crippen LogP contribution in [0.2, 0.25) is 0 Å². The van der Waals surface area contributed by atoms with Gasteiger partial charge in [0.25, 0.3) is 0 Å². The van der Waals surface area contributed by atoms with Crippen LogP contribution in [0.5, 0.6) is 0 Å². The quantitative estimate of drug-likeness (QED) is 0.353. The number of carbonyl (C=O) groups excluding carboxylic acids is 1. The van der Waals surface area contributed by atoms with Gasteiger partial charge in [0.05, 0.1) is 0 Å². The summed E-state index contributed by atoms with van der Waals surface area (Å²) >= 11 is 0. The molecule has 4 N–H and O–H groups in total. The lowest BCUT2D eigenvalue weighted by Gasteiger charge is -2.09. The van der Waals surface area contributed by atoms with E-state index in [1.165, 1.54) is 0 Å². The number of phosphoric acid groups is 2. The monoisotopic (exact) mass is 250 g/mol. The van der Waals surface area contributed by atoms with Crippen LogP contribution in [0.15, 0.2) is 0 Å². The first-order chi connectivity index (χ1) is 6.03. The molecule has 0 aromatic rings. The van der Waals surface area contributed by atoms with Gasteiger partial charge in [-0.05, 0) is 0 Å². The summed E-state index contributed by atoms with van der Waals surface area (Å²) in [4.78, 5) is 44.4. The molecule has 0 saturated carbocycles. The highest BCUT2D eigenvalue weighted by molar-refractivity contribution is 7.61. The van der Waals surface area contributed by atoms with Gasteiger partial charge in [0, 0.05) is 0 Å². The van der Waals surface area contributed by atoms with E-state index in [9.17, 15) is 18.7 Å². The van der Waals surface area contributed by atoms with Crippen LogP contribution in [0.3, 0.4) is 0 Å². The molecule has 1 atom stereocenters. The maximum atomic E-state index is 10.5. The lowest BCUT2D eigenvalue weighted by Crippen LogP contribution is -2.15. The van der Waals surface area contributed by atoms with Crippen molar-refractivity contribution in [2.24, 2.45) is 0 Å². The van der Waals surface area contributed by atoms with Gasteiger partial charge >= 0.3 is 27.6 Å². The Labute approximate surface area is 75.9 Å². The van der Waals surface area contributed by atoms with Gasteiger partial charge in [0.2, 0.25) is 0 Å². The zero-order chi connectivity index (χ0) is 11.6. The zero-order valence-electron chi connectivity index (χ0n) is 6.13. The highest BCUT2D eigenvalue weighted by atomic mass is 31.3. The average molecular weight is 250 g/mol. The van der Waals surface area contributed by atoms with Crippen LogP contribution in [-0.4, -0.2) is 31.7 Å². The third-order valence-electron chi connectivity index (χ3n) is 0.582. The van der Waals surface area contributed by atoms with Gasteiger partial charge in [-0.3, -0.25) is 4.89 Å². The predicted octanol–water partition coefficient (Wildman–Crippen LogP) is -1.18. The molecule has 0 fully saturated rings. The molecule has 0 radical (unpaired) electrons. The molecular weight excluding hydrogens is 246 g/mol. The summed E-state index contributed by atoms with van der Waals surface area (Å²) < 4.78 is 26.8. The molecule has 0 bridgehead atoms. The van der Waals surface area contributed by atoms with Gasteiger partial charge in [-0.15, -0.1) is 0 Å². The summed E-state index contributed by atoms with van der Waals surface area (Å²) in [5.41, 5.74) is 0. The Kier molecular flexibility index (Phi) is 3.95. The average Bonchev–Trinajstić information content (AvgIpc) is 1.78. The molecule has 0 spiro atoms. The summed E-state index contributed by atoms with van der Waals surface area (Å²) in [5.74, 6) is -4.39. The second-order valence-corrected chi connectivity index (χ2v) is 4.48. The van der Waals surface area contributed by atoms with Gasteiger partial charge < -0.3 is 19.4 Å². The van der Waals surface area contributed by atoms with Crippen molar-refractivity contribution in [2.75, 3.05) is 0 Å². The fourth-order valence-corrected chi connectivity index (χ4v) is 1.79. The Balaban J connectivity index is 4.52. The molecule has 0 saturated heterocycles. The number of rotatable bonds is 3. The van der Waals surface area contributed by atoms with Gasteiger partial charge in [-0.25, -0.2) is 18.7 Å². The maximum Gasteiger partial charge on any atom is 0.539 e. The van der Waals surface area contributed by atoms with Crippen molar-refractivity contribution in [3.63, 3.8) is 0 Å². The molecule has 14 heavy (non-hydrogen) atoms. The first-order valence-electron chi connectivity index (χ1n) is 2.60. The van der Waals surface area contributed by atoms with E-state index in [4.69, 9.17) is 19.8 Å². The first-order valence-corrected chi connectivity index (χ1v) is 5.62. The third-order valence-corrected chi connectivity index (χ3v) is 2.66. The second kappa shape index (κ2) is 4.18. The van der Waals surface area contributed by atoms with E-state index in [0.717, 1.165) is 0 Å². The smallest absolute Gasteiger partial charge is 0.473 e. The van der Waals surface area contributed by atoms with Crippen molar-refractivity contribution in [2.45, 2.75) is 0 Å². The van der Waals surface area contributed by atoms with E-state index in [-0.39, 0.29) is 0 Å². The molecule has 0 aliphatic rings. The van der Waals surface area contributed by atoms with Crippen molar-refractivity contribution in [1.82, 2.24) is 0 Å². The maximum absolute atomic E-state index is 10.5. The minimum absolute atomic E-state index is 2.18. The Morgan fingerprint density at radius 3 is 1.79 bits per heavy atom. The number of carboxylic acid groups (broad SMARTS) is 1. The van der Waals surface area contributed by atoms with E-state index in [0.29, 0.717) is 0 Å². The molecule has 10 nitrogen and oxygen atoms in total. The summed E-state index contributed by atoms with van der Waals surface area (Å²) in [5, 5.41) is 7.89. The number of hydrogen-bond donors (Lipinski definition) is 4. The molecule has 1 unspecified atom stereocenters. The van der Waals surface area contributed by atoms with E-state index in [1.807, 2.05) is 0 Å². The number of phosphoric ester groups is 1. The number of hydrogen-bond acceptors (Lipinski definition) is 6. The fraction of sp³-hybridized carbons (Fsp3) is 0. The van der Waals surface area contributed by atoms with Crippen LogP contribution in [0.1, 0.15) is 0 Å². The molecule has 0 rings (SSSR count). The molecule has 82 valence electrons. The van der Waals surface area contributed by atoms with Crippen molar-refractivity contribution < 1.29 is 47.3 Å². The van der Waals surface area contributed by atoms with Crippen molar-refractivity contribution in [3.8, 4) is 0 Å². The fourth-order valence-electron chi connectivity index (χ4n) is 0.295. The lowest BCUT2D eigenvalue weighted by molar-refractivity contribution is -0.158. The van der Waals surface area contributed by atoms with Crippen LogP contribution in [0, 0.1) is 0 Å². The molecule has 0 amide bonds. The van der Waals surface area contributed by atoms with E-state index >= 15 is 0 Å². The first kappa shape index (κ1) is 13.2. The Hall–Kier alpha value is -0.760. The normalized spacial score (nSPS) is 15.6. The molecule has 0 aromatic heterocycles. The molecule has 12 heteroatoms. The minimum Gasteiger partial charge on any atom is -0.473 e. The van der Waals surface area contributed by atoms with Crippen LogP contribution in [0.4, 0.5) is 0 Å². The molecule has 0 heterocycles. The number of carbonyl (C=O) groups is 2. The van der Waals surface area contributed by atoms with Crippen LogP contribution >= 0.6 is 15.6 Å². The largest absolute Gasteiger partial charge is 0.539 e. The highest BCUT2D eigenvalue weighted by Crippen LogP contribution is 2.57. The summed E-state index contributed by atoms with van der Waals surface area (Å²) in [6.07, 6.45) is 0. The SMILES string of the molecule is O=C(O)C(=O)OP(=O)(O)OP(=O)(O)O. The summed E-state index contributed by atoms with van der Waals surface area (Å²) in [6.45, 7) is 0. The number of aliphatic carboxylic acids is 1. The van der Waals surface area contributed by atoms with Crippen LogP contribution < -0.4 is 0 Å². The molecule has 0 aromatic carbocycles. The lowest BCUT2D eigenvalue weighted by atomic mass is 10.7.